The molecule has 1 aromatic heterocycles. The molecule has 0 spiro atoms. The molecule has 0 atom stereocenters. The van der Waals surface area contributed by atoms with Crippen molar-refractivity contribution in [1.29, 1.82) is 0 Å². The minimum absolute atomic E-state index is 0.637. The Morgan fingerprint density at radius 3 is 2.74 bits per heavy atom. The van der Waals surface area contributed by atoms with E-state index in [2.05, 4.69) is 51.4 Å². The fourth-order valence-electron chi connectivity index (χ4n) is 1.74. The van der Waals surface area contributed by atoms with Crippen LogP contribution in [0.3, 0.4) is 0 Å². The zero-order chi connectivity index (χ0) is 13.7. The number of nitrogens with one attached hydrogen (secondary N) is 1. The highest BCUT2D eigenvalue weighted by Gasteiger charge is 1.99. The predicted molar refractivity (Wildman–Crippen MR) is 81.6 cm³/mol. The van der Waals surface area contributed by atoms with Gasteiger partial charge in [0.15, 0.2) is 0 Å². The largest absolute Gasteiger partial charge is 0.478 e. The molecule has 3 nitrogen and oxygen atoms in total. The quantitative estimate of drug-likeness (QED) is 0.898. The van der Waals surface area contributed by atoms with E-state index in [1.807, 2.05) is 19.1 Å². The van der Waals surface area contributed by atoms with E-state index in [9.17, 15) is 0 Å². The first kappa shape index (κ1) is 13.9. The lowest BCUT2D eigenvalue weighted by molar-refractivity contribution is 0.327. The number of nitrogens with zero attached hydrogens (tertiary/aromatic N) is 1. The zero-order valence-electron chi connectivity index (χ0n) is 11.1. The number of benzene rings is 1. The van der Waals surface area contributed by atoms with E-state index in [1.54, 1.807) is 6.20 Å². The second-order valence-corrected chi connectivity index (χ2v) is 5.11. The van der Waals surface area contributed by atoms with Gasteiger partial charge in [-0.25, -0.2) is 4.98 Å². The third-order valence-electron chi connectivity index (χ3n) is 2.75. The van der Waals surface area contributed by atoms with Gasteiger partial charge in [0.05, 0.1) is 18.5 Å². The zero-order valence-corrected chi connectivity index (χ0v) is 12.7. The number of rotatable bonds is 5. The molecule has 0 radical (unpaired) electrons. The van der Waals surface area contributed by atoms with E-state index < -0.39 is 0 Å². The van der Waals surface area contributed by atoms with Crippen molar-refractivity contribution >= 4 is 21.6 Å². The van der Waals surface area contributed by atoms with Crippen LogP contribution in [-0.2, 0) is 6.54 Å². The maximum absolute atomic E-state index is 5.31. The molecule has 4 heteroatoms. The molecular weight excluding hydrogens is 304 g/mol. The molecule has 0 aliphatic carbocycles. The summed E-state index contributed by atoms with van der Waals surface area (Å²) in [5.41, 5.74) is 3.47. The second kappa shape index (κ2) is 6.57. The number of pyridine rings is 1. The molecule has 0 saturated carbocycles. The molecule has 0 aliphatic heterocycles. The summed E-state index contributed by atoms with van der Waals surface area (Å²) in [5.74, 6) is 0.660. The highest BCUT2D eigenvalue weighted by atomic mass is 79.9. The van der Waals surface area contributed by atoms with E-state index in [4.69, 9.17) is 4.74 Å². The van der Waals surface area contributed by atoms with E-state index in [0.29, 0.717) is 12.5 Å². The lowest BCUT2D eigenvalue weighted by atomic mass is 10.1. The van der Waals surface area contributed by atoms with E-state index in [1.165, 1.54) is 11.1 Å². The van der Waals surface area contributed by atoms with Crippen LogP contribution in [0.5, 0.6) is 5.88 Å². The normalized spacial score (nSPS) is 10.3. The summed E-state index contributed by atoms with van der Waals surface area (Å²) in [6, 6.07) is 10.2. The van der Waals surface area contributed by atoms with E-state index in [-0.39, 0.29) is 0 Å². The molecule has 0 fully saturated rings. The van der Waals surface area contributed by atoms with Gasteiger partial charge in [-0.1, -0.05) is 28.1 Å². The Hall–Kier alpha value is -1.55. The van der Waals surface area contributed by atoms with Crippen LogP contribution in [-0.4, -0.2) is 11.6 Å². The van der Waals surface area contributed by atoms with Crippen molar-refractivity contribution in [2.75, 3.05) is 11.9 Å². The molecule has 0 saturated heterocycles. The van der Waals surface area contributed by atoms with Gasteiger partial charge in [0.25, 0.3) is 0 Å². The van der Waals surface area contributed by atoms with Crippen LogP contribution in [0.1, 0.15) is 18.1 Å². The van der Waals surface area contributed by atoms with Gasteiger partial charge in [-0.05, 0) is 37.1 Å². The molecule has 100 valence electrons. The lowest BCUT2D eigenvalue weighted by Gasteiger charge is -2.08. The highest BCUT2D eigenvalue weighted by molar-refractivity contribution is 9.10. The van der Waals surface area contributed by atoms with Crippen molar-refractivity contribution in [3.05, 3.63) is 52.1 Å². The maximum Gasteiger partial charge on any atom is 0.213 e. The molecule has 1 N–H and O–H groups in total. The summed E-state index contributed by atoms with van der Waals surface area (Å²) in [4.78, 5) is 4.22. The number of aryl methyl sites for hydroxylation is 1. The number of halogens is 1. The first-order chi connectivity index (χ1) is 9.19. The molecule has 2 rings (SSSR count). The van der Waals surface area contributed by atoms with Crippen molar-refractivity contribution < 1.29 is 4.74 Å². The van der Waals surface area contributed by atoms with Crippen LogP contribution in [0.2, 0.25) is 0 Å². The van der Waals surface area contributed by atoms with Crippen LogP contribution >= 0.6 is 15.9 Å². The van der Waals surface area contributed by atoms with Crippen LogP contribution in [0.25, 0.3) is 0 Å². The summed E-state index contributed by atoms with van der Waals surface area (Å²) in [7, 11) is 0. The Bertz CT molecular complexity index is 540. The molecule has 2 aromatic rings. The average Bonchev–Trinajstić information content (AvgIpc) is 2.42. The van der Waals surface area contributed by atoms with Crippen molar-refractivity contribution in [3.8, 4) is 5.88 Å². The van der Waals surface area contributed by atoms with Gasteiger partial charge in [0.2, 0.25) is 5.88 Å². The molecule has 1 aromatic carbocycles. The molecule has 0 aliphatic rings. The Morgan fingerprint density at radius 1 is 1.26 bits per heavy atom. The molecular formula is C15H17BrN2O. The third kappa shape index (κ3) is 3.96. The summed E-state index contributed by atoms with van der Waals surface area (Å²) >= 11 is 3.50. The van der Waals surface area contributed by atoms with Gasteiger partial charge in [0.1, 0.15) is 0 Å². The molecule has 0 bridgehead atoms. The standard InChI is InChI=1S/C15H17BrN2O/c1-3-19-15-7-5-13(10-18-15)17-9-12-4-6-14(16)11(2)8-12/h4-8,10,17H,3,9H2,1-2H3. The second-order valence-electron chi connectivity index (χ2n) is 4.26. The average molecular weight is 321 g/mol. The number of anilines is 1. The van der Waals surface area contributed by atoms with E-state index in [0.717, 1.165) is 16.7 Å². The number of hydrogen-bond acceptors (Lipinski definition) is 3. The Labute approximate surface area is 122 Å². The van der Waals surface area contributed by atoms with Gasteiger partial charge in [-0.3, -0.25) is 0 Å². The van der Waals surface area contributed by atoms with Crippen LogP contribution in [0.4, 0.5) is 5.69 Å². The lowest BCUT2D eigenvalue weighted by Crippen LogP contribution is -2.01. The molecule has 1 heterocycles. The van der Waals surface area contributed by atoms with Gasteiger partial charge >= 0.3 is 0 Å². The number of aromatic nitrogens is 1. The van der Waals surface area contributed by atoms with Gasteiger partial charge in [-0.2, -0.15) is 0 Å². The monoisotopic (exact) mass is 320 g/mol. The van der Waals surface area contributed by atoms with Crippen LogP contribution < -0.4 is 10.1 Å². The van der Waals surface area contributed by atoms with Gasteiger partial charge in [0, 0.05) is 17.1 Å². The summed E-state index contributed by atoms with van der Waals surface area (Å²) in [6.07, 6.45) is 1.79. The van der Waals surface area contributed by atoms with Crippen LogP contribution in [0.15, 0.2) is 41.0 Å². The first-order valence-electron chi connectivity index (χ1n) is 6.27. The summed E-state index contributed by atoms with van der Waals surface area (Å²) in [5, 5.41) is 3.34. The molecule has 0 amide bonds. The highest BCUT2D eigenvalue weighted by Crippen LogP contribution is 2.18. The SMILES string of the molecule is CCOc1ccc(NCc2ccc(Br)c(C)c2)cn1. The minimum atomic E-state index is 0.637. The molecule has 19 heavy (non-hydrogen) atoms. The van der Waals surface area contributed by atoms with Crippen molar-refractivity contribution in [2.24, 2.45) is 0 Å². The fraction of sp³-hybridized carbons (Fsp3) is 0.267. The Morgan fingerprint density at radius 2 is 2.11 bits per heavy atom. The Kier molecular flexibility index (Phi) is 4.80. The summed E-state index contributed by atoms with van der Waals surface area (Å²) < 4.78 is 6.45. The van der Waals surface area contributed by atoms with Crippen LogP contribution in [0, 0.1) is 6.92 Å². The number of ether oxygens (including phenoxy) is 1. The van der Waals surface area contributed by atoms with Gasteiger partial charge in [-0.15, -0.1) is 0 Å². The number of hydrogen-bond donors (Lipinski definition) is 1. The van der Waals surface area contributed by atoms with Crippen molar-refractivity contribution in [1.82, 2.24) is 4.98 Å². The smallest absolute Gasteiger partial charge is 0.213 e. The third-order valence-corrected chi connectivity index (χ3v) is 3.64. The fourth-order valence-corrected chi connectivity index (χ4v) is 1.99. The van der Waals surface area contributed by atoms with E-state index >= 15 is 0 Å². The Balaban J connectivity index is 1.96. The molecule has 0 unspecified atom stereocenters. The minimum Gasteiger partial charge on any atom is -0.478 e. The maximum atomic E-state index is 5.31. The van der Waals surface area contributed by atoms with Gasteiger partial charge < -0.3 is 10.1 Å². The predicted octanol–water partition coefficient (Wildman–Crippen LogP) is 4.16. The van der Waals surface area contributed by atoms with Crippen molar-refractivity contribution in [3.63, 3.8) is 0 Å². The van der Waals surface area contributed by atoms with Crippen molar-refractivity contribution in [2.45, 2.75) is 20.4 Å². The topological polar surface area (TPSA) is 34.1 Å². The summed E-state index contributed by atoms with van der Waals surface area (Å²) in [6.45, 7) is 5.46. The first-order valence-corrected chi connectivity index (χ1v) is 7.06.